The first kappa shape index (κ1) is 22.4. The van der Waals surface area contributed by atoms with Crippen molar-refractivity contribution in [1.29, 1.82) is 0 Å². The number of unbranched alkanes of at least 4 members (excludes halogenated alkanes) is 11. The van der Waals surface area contributed by atoms with E-state index in [1.165, 1.54) is 58.3 Å². The molecular formula is C17H34NO4S-. The molecule has 5 nitrogen and oxygen atoms in total. The summed E-state index contributed by atoms with van der Waals surface area (Å²) in [4.78, 5) is 10.5. The van der Waals surface area contributed by atoms with E-state index in [4.69, 9.17) is 0 Å². The zero-order valence-electron chi connectivity index (χ0n) is 14.8. The van der Waals surface area contributed by atoms with Crippen LogP contribution < -0.4 is 9.83 Å². The van der Waals surface area contributed by atoms with E-state index in [-0.39, 0.29) is 5.75 Å². The highest BCUT2D eigenvalue weighted by molar-refractivity contribution is 7.89. The van der Waals surface area contributed by atoms with E-state index >= 15 is 0 Å². The molecule has 0 aromatic rings. The molecule has 0 aliphatic rings. The Morgan fingerprint density at radius 1 is 0.870 bits per heavy atom. The summed E-state index contributed by atoms with van der Waals surface area (Å²) in [6, 6.07) is -1.17. The fraction of sp³-hybridized carbons (Fsp3) is 0.941. The lowest BCUT2D eigenvalue weighted by molar-refractivity contribution is -0.307. The van der Waals surface area contributed by atoms with Crippen LogP contribution in [-0.2, 0) is 14.8 Å². The van der Waals surface area contributed by atoms with Gasteiger partial charge in [0.1, 0.15) is 0 Å². The van der Waals surface area contributed by atoms with Crippen LogP contribution in [0.1, 0.15) is 90.9 Å². The number of carboxylic acid groups (broad SMARTS) is 1. The summed E-state index contributed by atoms with van der Waals surface area (Å²) in [5.41, 5.74) is 0. The molecule has 0 aromatic heterocycles. The maximum atomic E-state index is 11.6. The predicted octanol–water partition coefficient (Wildman–Crippen LogP) is 2.75. The number of hydrogen-bond donors (Lipinski definition) is 1. The van der Waals surface area contributed by atoms with E-state index in [9.17, 15) is 18.3 Å². The quantitative estimate of drug-likeness (QED) is 0.435. The first-order valence-corrected chi connectivity index (χ1v) is 10.7. The van der Waals surface area contributed by atoms with Crippen molar-refractivity contribution in [3.8, 4) is 0 Å². The first-order chi connectivity index (χ1) is 10.9. The molecule has 0 aromatic carbocycles. The van der Waals surface area contributed by atoms with Crippen LogP contribution in [0.3, 0.4) is 0 Å². The van der Waals surface area contributed by atoms with Crippen molar-refractivity contribution in [2.75, 3.05) is 5.75 Å². The van der Waals surface area contributed by atoms with Crippen molar-refractivity contribution in [1.82, 2.24) is 4.72 Å². The molecule has 0 radical (unpaired) electrons. The molecule has 1 unspecified atom stereocenters. The number of aliphatic carboxylic acids is 1. The van der Waals surface area contributed by atoms with Crippen LogP contribution in [-0.4, -0.2) is 26.2 Å². The van der Waals surface area contributed by atoms with Gasteiger partial charge in [-0.25, -0.2) is 13.1 Å². The SMILES string of the molecule is CCCCCCCCCCCCCCS(=O)(=O)NC(C)C(=O)[O-]. The first-order valence-electron chi connectivity index (χ1n) is 9.10. The molecule has 0 rings (SSSR count). The van der Waals surface area contributed by atoms with E-state index in [2.05, 4.69) is 11.6 Å². The molecule has 0 heterocycles. The van der Waals surface area contributed by atoms with Gasteiger partial charge in [0.2, 0.25) is 10.0 Å². The van der Waals surface area contributed by atoms with Gasteiger partial charge in [-0.1, -0.05) is 77.6 Å². The van der Waals surface area contributed by atoms with Gasteiger partial charge in [0, 0.05) is 0 Å². The molecule has 1 atom stereocenters. The number of hydrogen-bond acceptors (Lipinski definition) is 4. The van der Waals surface area contributed by atoms with Gasteiger partial charge < -0.3 is 9.90 Å². The largest absolute Gasteiger partial charge is 0.548 e. The van der Waals surface area contributed by atoms with Crippen LogP contribution in [0.25, 0.3) is 0 Å². The zero-order chi connectivity index (χ0) is 17.6. The molecule has 0 saturated carbocycles. The summed E-state index contributed by atoms with van der Waals surface area (Å²) in [5.74, 6) is -1.41. The number of sulfonamides is 1. The summed E-state index contributed by atoms with van der Waals surface area (Å²) in [5, 5.41) is 10.5. The Morgan fingerprint density at radius 2 is 1.26 bits per heavy atom. The van der Waals surface area contributed by atoms with Crippen LogP contribution in [0.5, 0.6) is 0 Å². The molecule has 0 saturated heterocycles. The van der Waals surface area contributed by atoms with Gasteiger partial charge in [0.05, 0.1) is 17.8 Å². The Morgan fingerprint density at radius 3 is 1.65 bits per heavy atom. The van der Waals surface area contributed by atoms with Gasteiger partial charge in [-0.2, -0.15) is 0 Å². The minimum Gasteiger partial charge on any atom is -0.548 e. The molecule has 0 aliphatic heterocycles. The molecule has 6 heteroatoms. The van der Waals surface area contributed by atoms with Crippen LogP contribution in [0.15, 0.2) is 0 Å². The van der Waals surface area contributed by atoms with Gasteiger partial charge in [0.15, 0.2) is 0 Å². The second-order valence-electron chi connectivity index (χ2n) is 6.37. The van der Waals surface area contributed by atoms with Gasteiger partial charge in [-0.05, 0) is 13.3 Å². The van der Waals surface area contributed by atoms with E-state index in [1.807, 2.05) is 0 Å². The van der Waals surface area contributed by atoms with Crippen LogP contribution >= 0.6 is 0 Å². The van der Waals surface area contributed by atoms with Crippen molar-refractivity contribution in [2.24, 2.45) is 0 Å². The highest BCUT2D eigenvalue weighted by Gasteiger charge is 2.14. The minimum atomic E-state index is -3.51. The number of nitrogens with one attached hydrogen (secondary N) is 1. The van der Waals surface area contributed by atoms with Crippen LogP contribution in [0.4, 0.5) is 0 Å². The standard InChI is InChI=1S/C17H35NO4S/c1-3-4-5-6-7-8-9-10-11-12-13-14-15-23(21,22)18-16(2)17(19)20/h16,18H,3-15H2,1-2H3,(H,19,20)/p-1. The molecule has 0 amide bonds. The van der Waals surface area contributed by atoms with E-state index in [0.29, 0.717) is 6.42 Å². The van der Waals surface area contributed by atoms with Crippen molar-refractivity contribution < 1.29 is 18.3 Å². The van der Waals surface area contributed by atoms with Gasteiger partial charge in [-0.15, -0.1) is 0 Å². The average Bonchev–Trinajstić information content (AvgIpc) is 2.47. The highest BCUT2D eigenvalue weighted by Crippen LogP contribution is 2.12. The molecule has 0 spiro atoms. The fourth-order valence-electron chi connectivity index (χ4n) is 2.51. The molecule has 0 fully saturated rings. The van der Waals surface area contributed by atoms with Crippen molar-refractivity contribution in [3.05, 3.63) is 0 Å². The third-order valence-electron chi connectivity index (χ3n) is 3.98. The van der Waals surface area contributed by atoms with E-state index in [0.717, 1.165) is 19.3 Å². The average molecular weight is 349 g/mol. The Bertz CT molecular complexity index is 395. The topological polar surface area (TPSA) is 86.3 Å². The lowest BCUT2D eigenvalue weighted by atomic mass is 10.1. The summed E-state index contributed by atoms with van der Waals surface area (Å²) in [6.45, 7) is 3.50. The molecule has 1 N–H and O–H groups in total. The van der Waals surface area contributed by atoms with Crippen molar-refractivity contribution in [3.63, 3.8) is 0 Å². The second kappa shape index (κ2) is 13.8. The third kappa shape index (κ3) is 14.7. The molecule has 23 heavy (non-hydrogen) atoms. The fourth-order valence-corrected chi connectivity index (χ4v) is 3.85. The van der Waals surface area contributed by atoms with Crippen LogP contribution in [0, 0.1) is 0 Å². The summed E-state index contributed by atoms with van der Waals surface area (Å²) in [7, 11) is -3.51. The van der Waals surface area contributed by atoms with Crippen LogP contribution in [0.2, 0.25) is 0 Å². The van der Waals surface area contributed by atoms with Gasteiger partial charge in [0.25, 0.3) is 0 Å². The van der Waals surface area contributed by atoms with Gasteiger partial charge >= 0.3 is 0 Å². The Labute approximate surface area is 142 Å². The summed E-state index contributed by atoms with van der Waals surface area (Å²) in [6.07, 6.45) is 14.1. The Kier molecular flexibility index (Phi) is 13.4. The predicted molar refractivity (Wildman–Crippen MR) is 92.5 cm³/mol. The normalized spacial score (nSPS) is 13.1. The smallest absolute Gasteiger partial charge is 0.212 e. The lowest BCUT2D eigenvalue weighted by Crippen LogP contribution is -2.46. The monoisotopic (exact) mass is 348 g/mol. The highest BCUT2D eigenvalue weighted by atomic mass is 32.2. The maximum Gasteiger partial charge on any atom is 0.212 e. The molecule has 0 bridgehead atoms. The number of carbonyl (C=O) groups excluding carboxylic acids is 1. The van der Waals surface area contributed by atoms with Crippen molar-refractivity contribution in [2.45, 2.75) is 96.9 Å². The number of carboxylic acids is 1. The second-order valence-corrected chi connectivity index (χ2v) is 8.24. The van der Waals surface area contributed by atoms with Crippen molar-refractivity contribution >= 4 is 16.0 Å². The molecular weight excluding hydrogens is 314 g/mol. The van der Waals surface area contributed by atoms with E-state index < -0.39 is 22.0 Å². The third-order valence-corrected chi connectivity index (χ3v) is 5.52. The minimum absolute atomic E-state index is 0.0119. The zero-order valence-corrected chi connectivity index (χ0v) is 15.6. The Hall–Kier alpha value is -0.620. The molecule has 0 aliphatic carbocycles. The summed E-state index contributed by atoms with van der Waals surface area (Å²) >= 11 is 0. The molecule has 138 valence electrons. The Balaban J connectivity index is 3.43. The lowest BCUT2D eigenvalue weighted by Gasteiger charge is -2.14. The van der Waals surface area contributed by atoms with E-state index in [1.54, 1.807) is 0 Å². The number of carbonyl (C=O) groups is 1. The maximum absolute atomic E-state index is 11.6. The summed E-state index contributed by atoms with van der Waals surface area (Å²) < 4.78 is 25.4. The van der Waals surface area contributed by atoms with Gasteiger partial charge in [-0.3, -0.25) is 0 Å². The number of rotatable bonds is 16.